The molecule has 0 aliphatic rings. The normalized spacial score (nSPS) is 9.75. The molecule has 2 nitrogen and oxygen atoms in total. The van der Waals surface area contributed by atoms with Gasteiger partial charge in [0.05, 0.1) is 0 Å². The van der Waals surface area contributed by atoms with E-state index in [0.717, 1.165) is 0 Å². The van der Waals surface area contributed by atoms with E-state index in [2.05, 4.69) is 0 Å². The number of hydrogen-bond donors (Lipinski definition) is 1. The van der Waals surface area contributed by atoms with E-state index >= 15 is 0 Å². The standard InChI is InChI=1S/C10H11O2/c11-8-4-7-10(12)9-5-2-1-3-6-9/h1-3,5-7,11H,4,8H2. The Hall–Kier alpha value is -1.15. The maximum absolute atomic E-state index is 11.2. The minimum absolute atomic E-state index is 0.0235. The Morgan fingerprint density at radius 3 is 2.58 bits per heavy atom. The monoisotopic (exact) mass is 163 g/mol. The second kappa shape index (κ2) is 4.67. The zero-order chi connectivity index (χ0) is 8.81. The van der Waals surface area contributed by atoms with Gasteiger partial charge in [0.15, 0.2) is 5.78 Å². The zero-order valence-corrected chi connectivity index (χ0v) is 6.73. The Morgan fingerprint density at radius 1 is 1.33 bits per heavy atom. The lowest BCUT2D eigenvalue weighted by Crippen LogP contribution is -2.00. The van der Waals surface area contributed by atoms with Crippen LogP contribution in [-0.4, -0.2) is 17.5 Å². The van der Waals surface area contributed by atoms with E-state index in [4.69, 9.17) is 5.11 Å². The first-order chi connectivity index (χ1) is 5.84. The van der Waals surface area contributed by atoms with Crippen molar-refractivity contribution in [3.63, 3.8) is 0 Å². The van der Waals surface area contributed by atoms with Gasteiger partial charge in [0.25, 0.3) is 0 Å². The summed E-state index contributed by atoms with van der Waals surface area (Å²) in [7, 11) is 0. The molecule has 12 heavy (non-hydrogen) atoms. The molecule has 0 heterocycles. The van der Waals surface area contributed by atoms with E-state index in [1.54, 1.807) is 12.1 Å². The van der Waals surface area contributed by atoms with E-state index in [1.807, 2.05) is 18.2 Å². The third-order valence-corrected chi connectivity index (χ3v) is 1.52. The van der Waals surface area contributed by atoms with Crippen molar-refractivity contribution in [1.29, 1.82) is 0 Å². The molecule has 1 rings (SSSR count). The van der Waals surface area contributed by atoms with E-state index in [-0.39, 0.29) is 12.4 Å². The lowest BCUT2D eigenvalue weighted by atomic mass is 10.1. The maximum atomic E-state index is 11.2. The Bertz CT molecular complexity index is 241. The molecule has 1 aromatic carbocycles. The molecule has 0 spiro atoms. The molecule has 2 heteroatoms. The average molecular weight is 163 g/mol. The van der Waals surface area contributed by atoms with Crippen molar-refractivity contribution in [3.8, 4) is 0 Å². The van der Waals surface area contributed by atoms with Crippen molar-refractivity contribution < 1.29 is 9.90 Å². The van der Waals surface area contributed by atoms with E-state index in [0.29, 0.717) is 12.0 Å². The van der Waals surface area contributed by atoms with Crippen LogP contribution in [0.4, 0.5) is 0 Å². The molecule has 0 fully saturated rings. The van der Waals surface area contributed by atoms with Crippen LogP contribution >= 0.6 is 0 Å². The molecule has 0 amide bonds. The summed E-state index contributed by atoms with van der Waals surface area (Å²) in [6, 6.07) is 9.02. The van der Waals surface area contributed by atoms with Gasteiger partial charge < -0.3 is 5.11 Å². The van der Waals surface area contributed by atoms with Crippen molar-refractivity contribution >= 4 is 5.78 Å². The summed E-state index contributed by atoms with van der Waals surface area (Å²) in [5, 5.41) is 8.48. The summed E-state index contributed by atoms with van der Waals surface area (Å²) in [6.07, 6.45) is 1.92. The van der Waals surface area contributed by atoms with Gasteiger partial charge in [0.1, 0.15) is 0 Å². The third-order valence-electron chi connectivity index (χ3n) is 1.52. The number of rotatable bonds is 4. The fourth-order valence-electron chi connectivity index (χ4n) is 0.916. The first-order valence-corrected chi connectivity index (χ1v) is 3.88. The van der Waals surface area contributed by atoms with Crippen LogP contribution in [0.15, 0.2) is 30.3 Å². The van der Waals surface area contributed by atoms with E-state index in [9.17, 15) is 4.79 Å². The summed E-state index contributed by atoms with van der Waals surface area (Å²) >= 11 is 0. The number of Topliss-reactive ketones (excluding diaryl/α,β-unsaturated/α-hetero) is 1. The number of hydrogen-bond acceptors (Lipinski definition) is 2. The van der Waals surface area contributed by atoms with Crippen LogP contribution in [0.2, 0.25) is 0 Å². The smallest absolute Gasteiger partial charge is 0.166 e. The lowest BCUT2D eigenvalue weighted by Gasteiger charge is -1.97. The molecule has 0 saturated heterocycles. The topological polar surface area (TPSA) is 37.3 Å². The first kappa shape index (κ1) is 8.94. The number of ketones is 1. The van der Waals surface area contributed by atoms with Crippen molar-refractivity contribution in [2.75, 3.05) is 6.61 Å². The lowest BCUT2D eigenvalue weighted by molar-refractivity contribution is 0.102. The summed E-state index contributed by atoms with van der Waals surface area (Å²) in [4.78, 5) is 11.2. The molecule has 0 aromatic heterocycles. The molecule has 63 valence electrons. The van der Waals surface area contributed by atoms with Crippen LogP contribution in [0.1, 0.15) is 16.8 Å². The SMILES string of the molecule is O=C([CH]CCO)c1ccccc1. The largest absolute Gasteiger partial charge is 0.396 e. The highest BCUT2D eigenvalue weighted by Crippen LogP contribution is 2.03. The summed E-state index contributed by atoms with van der Waals surface area (Å²) in [5.74, 6) is -0.0235. The summed E-state index contributed by atoms with van der Waals surface area (Å²) in [5.41, 5.74) is 0.672. The van der Waals surface area contributed by atoms with Crippen molar-refractivity contribution in [2.24, 2.45) is 0 Å². The van der Waals surface area contributed by atoms with Crippen molar-refractivity contribution in [3.05, 3.63) is 42.3 Å². The van der Waals surface area contributed by atoms with Gasteiger partial charge in [0.2, 0.25) is 0 Å². The van der Waals surface area contributed by atoms with Gasteiger partial charge in [-0.1, -0.05) is 30.3 Å². The molecule has 0 unspecified atom stereocenters. The van der Waals surface area contributed by atoms with Gasteiger partial charge in [-0.15, -0.1) is 0 Å². The Balaban J connectivity index is 2.54. The molecule has 1 N–H and O–H groups in total. The van der Waals surface area contributed by atoms with Gasteiger partial charge in [0, 0.05) is 18.6 Å². The summed E-state index contributed by atoms with van der Waals surface area (Å²) < 4.78 is 0. The van der Waals surface area contributed by atoms with E-state index in [1.165, 1.54) is 6.42 Å². The van der Waals surface area contributed by atoms with Crippen LogP contribution in [0.3, 0.4) is 0 Å². The predicted octanol–water partition coefficient (Wildman–Crippen LogP) is 1.46. The zero-order valence-electron chi connectivity index (χ0n) is 6.73. The molecule has 1 aromatic rings. The number of aliphatic hydroxyl groups is 1. The molecule has 0 aliphatic carbocycles. The van der Waals surface area contributed by atoms with Gasteiger partial charge in [-0.25, -0.2) is 0 Å². The second-order valence-corrected chi connectivity index (χ2v) is 2.45. The average Bonchev–Trinajstić information content (AvgIpc) is 2.15. The highest BCUT2D eigenvalue weighted by molar-refractivity contribution is 6.02. The van der Waals surface area contributed by atoms with Crippen LogP contribution in [0.5, 0.6) is 0 Å². The number of carbonyl (C=O) groups excluding carboxylic acids is 1. The van der Waals surface area contributed by atoms with Crippen LogP contribution in [0, 0.1) is 6.42 Å². The van der Waals surface area contributed by atoms with Crippen LogP contribution in [-0.2, 0) is 0 Å². The fraction of sp³-hybridized carbons (Fsp3) is 0.200. The Morgan fingerprint density at radius 2 is 2.00 bits per heavy atom. The quantitative estimate of drug-likeness (QED) is 0.682. The van der Waals surface area contributed by atoms with E-state index < -0.39 is 0 Å². The van der Waals surface area contributed by atoms with Crippen molar-refractivity contribution in [1.82, 2.24) is 0 Å². The summed E-state index contributed by atoms with van der Waals surface area (Å²) in [6.45, 7) is 0.0264. The highest BCUT2D eigenvalue weighted by atomic mass is 16.3. The minimum Gasteiger partial charge on any atom is -0.396 e. The molecular formula is C10H11O2. The molecule has 0 aliphatic heterocycles. The Kier molecular flexibility index (Phi) is 3.48. The maximum Gasteiger partial charge on any atom is 0.166 e. The molecule has 1 radical (unpaired) electrons. The number of benzene rings is 1. The second-order valence-electron chi connectivity index (χ2n) is 2.45. The predicted molar refractivity (Wildman–Crippen MR) is 46.8 cm³/mol. The van der Waals surface area contributed by atoms with Gasteiger partial charge in [-0.3, -0.25) is 4.79 Å². The number of carbonyl (C=O) groups is 1. The number of aliphatic hydroxyl groups excluding tert-OH is 1. The third kappa shape index (κ3) is 2.47. The molecule has 0 atom stereocenters. The van der Waals surface area contributed by atoms with Crippen LogP contribution in [0.25, 0.3) is 0 Å². The van der Waals surface area contributed by atoms with Crippen LogP contribution < -0.4 is 0 Å². The van der Waals surface area contributed by atoms with Gasteiger partial charge in [-0.2, -0.15) is 0 Å². The minimum atomic E-state index is -0.0235. The fourth-order valence-corrected chi connectivity index (χ4v) is 0.916. The van der Waals surface area contributed by atoms with Gasteiger partial charge >= 0.3 is 0 Å². The highest BCUT2D eigenvalue weighted by Gasteiger charge is 2.03. The Labute approximate surface area is 71.8 Å². The molecular weight excluding hydrogens is 152 g/mol. The van der Waals surface area contributed by atoms with Gasteiger partial charge in [-0.05, 0) is 6.42 Å². The first-order valence-electron chi connectivity index (χ1n) is 3.88. The molecule has 0 saturated carbocycles. The molecule has 0 bridgehead atoms. The van der Waals surface area contributed by atoms with Crippen molar-refractivity contribution in [2.45, 2.75) is 6.42 Å².